The highest BCUT2D eigenvalue weighted by atomic mass is 35.5. The summed E-state index contributed by atoms with van der Waals surface area (Å²) in [5.41, 5.74) is 3.18. The van der Waals surface area contributed by atoms with Crippen molar-refractivity contribution < 1.29 is 0 Å². The number of nitrogens with one attached hydrogen (secondary N) is 1. The van der Waals surface area contributed by atoms with E-state index < -0.39 is 0 Å². The molecule has 0 radical (unpaired) electrons. The highest BCUT2D eigenvalue weighted by molar-refractivity contribution is 6.30. The zero-order valence-electron chi connectivity index (χ0n) is 10.8. The fourth-order valence-corrected chi connectivity index (χ4v) is 2.17. The lowest BCUT2D eigenvalue weighted by Gasteiger charge is -2.04. The van der Waals surface area contributed by atoms with Crippen LogP contribution in [-0.4, -0.2) is 9.78 Å². The van der Waals surface area contributed by atoms with Crippen molar-refractivity contribution in [3.05, 3.63) is 77.6 Å². The van der Waals surface area contributed by atoms with Gasteiger partial charge in [-0.2, -0.15) is 5.10 Å². The zero-order chi connectivity index (χ0) is 13.8. The predicted octanol–water partition coefficient (Wildman–Crippen LogP) is 4.14. The summed E-state index contributed by atoms with van der Waals surface area (Å²) in [5, 5.41) is 8.43. The molecule has 0 aliphatic heterocycles. The maximum atomic E-state index is 5.95. The smallest absolute Gasteiger partial charge is 0.0645 e. The van der Waals surface area contributed by atoms with E-state index >= 15 is 0 Å². The minimum atomic E-state index is 0.715. The first-order valence-corrected chi connectivity index (χ1v) is 6.77. The van der Waals surface area contributed by atoms with Gasteiger partial charge >= 0.3 is 0 Å². The van der Waals surface area contributed by atoms with Crippen LogP contribution in [0, 0.1) is 0 Å². The van der Waals surface area contributed by atoms with Gasteiger partial charge in [-0.3, -0.25) is 0 Å². The second-order valence-corrected chi connectivity index (χ2v) is 4.93. The SMILES string of the molecule is Clc1cccc(NCc2cnn(-c3ccccc3)c2)c1. The summed E-state index contributed by atoms with van der Waals surface area (Å²) in [4.78, 5) is 0. The number of hydrogen-bond acceptors (Lipinski definition) is 2. The molecule has 2 aromatic carbocycles. The van der Waals surface area contributed by atoms with E-state index in [1.165, 1.54) is 0 Å². The molecule has 1 N–H and O–H groups in total. The molecular weight excluding hydrogens is 270 g/mol. The van der Waals surface area contributed by atoms with Gasteiger partial charge in [0, 0.05) is 29.0 Å². The van der Waals surface area contributed by atoms with Crippen molar-refractivity contribution in [2.75, 3.05) is 5.32 Å². The summed E-state index contributed by atoms with van der Waals surface area (Å²) < 4.78 is 1.87. The average Bonchev–Trinajstić information content (AvgIpc) is 2.95. The van der Waals surface area contributed by atoms with Crippen molar-refractivity contribution >= 4 is 17.3 Å². The third-order valence-electron chi connectivity index (χ3n) is 2.98. The lowest BCUT2D eigenvalue weighted by Crippen LogP contribution is -1.98. The topological polar surface area (TPSA) is 29.9 Å². The van der Waals surface area contributed by atoms with Crippen LogP contribution < -0.4 is 5.32 Å². The van der Waals surface area contributed by atoms with Gasteiger partial charge in [0.25, 0.3) is 0 Å². The first-order chi connectivity index (χ1) is 9.81. The number of rotatable bonds is 4. The third-order valence-corrected chi connectivity index (χ3v) is 3.21. The van der Waals surface area contributed by atoms with Crippen molar-refractivity contribution in [3.8, 4) is 5.69 Å². The standard InChI is InChI=1S/C16H14ClN3/c17-14-5-4-6-15(9-14)18-10-13-11-19-20(12-13)16-7-2-1-3-8-16/h1-9,11-12,18H,10H2. The molecule has 0 aliphatic rings. The summed E-state index contributed by atoms with van der Waals surface area (Å²) in [6.07, 6.45) is 3.89. The van der Waals surface area contributed by atoms with E-state index in [0.717, 1.165) is 22.0 Å². The largest absolute Gasteiger partial charge is 0.381 e. The van der Waals surface area contributed by atoms with Gasteiger partial charge in [0.05, 0.1) is 11.9 Å². The first-order valence-electron chi connectivity index (χ1n) is 6.40. The van der Waals surface area contributed by atoms with E-state index in [0.29, 0.717) is 6.54 Å². The molecule has 0 amide bonds. The van der Waals surface area contributed by atoms with Crippen molar-refractivity contribution in [2.45, 2.75) is 6.54 Å². The molecule has 20 heavy (non-hydrogen) atoms. The summed E-state index contributed by atoms with van der Waals surface area (Å²) >= 11 is 5.95. The van der Waals surface area contributed by atoms with Crippen LogP contribution in [0.4, 0.5) is 5.69 Å². The van der Waals surface area contributed by atoms with Crippen LogP contribution in [0.2, 0.25) is 5.02 Å². The van der Waals surface area contributed by atoms with Crippen LogP contribution in [0.1, 0.15) is 5.56 Å². The minimum absolute atomic E-state index is 0.715. The van der Waals surface area contributed by atoms with Crippen molar-refractivity contribution in [3.63, 3.8) is 0 Å². The fourth-order valence-electron chi connectivity index (χ4n) is 1.98. The van der Waals surface area contributed by atoms with Crippen molar-refractivity contribution in [1.82, 2.24) is 9.78 Å². The van der Waals surface area contributed by atoms with E-state index in [2.05, 4.69) is 10.4 Å². The Morgan fingerprint density at radius 3 is 2.70 bits per heavy atom. The summed E-state index contributed by atoms with van der Waals surface area (Å²) in [5.74, 6) is 0. The Morgan fingerprint density at radius 1 is 1.05 bits per heavy atom. The molecule has 0 unspecified atom stereocenters. The van der Waals surface area contributed by atoms with Gasteiger partial charge in [-0.1, -0.05) is 35.9 Å². The minimum Gasteiger partial charge on any atom is -0.381 e. The van der Waals surface area contributed by atoms with Gasteiger partial charge in [0.2, 0.25) is 0 Å². The highest BCUT2D eigenvalue weighted by Crippen LogP contribution is 2.16. The Hall–Kier alpha value is -2.26. The van der Waals surface area contributed by atoms with Gasteiger partial charge in [-0.15, -0.1) is 0 Å². The Kier molecular flexibility index (Phi) is 3.70. The number of hydrogen-bond donors (Lipinski definition) is 1. The van der Waals surface area contributed by atoms with Crippen molar-refractivity contribution in [1.29, 1.82) is 0 Å². The third kappa shape index (κ3) is 3.00. The number of aromatic nitrogens is 2. The van der Waals surface area contributed by atoms with E-state index in [-0.39, 0.29) is 0 Å². The van der Waals surface area contributed by atoms with Gasteiger partial charge in [-0.25, -0.2) is 4.68 Å². The van der Waals surface area contributed by atoms with E-state index in [9.17, 15) is 0 Å². The molecule has 3 nitrogen and oxygen atoms in total. The molecule has 3 rings (SSSR count). The molecule has 0 saturated carbocycles. The number of halogens is 1. The zero-order valence-corrected chi connectivity index (χ0v) is 11.6. The molecular formula is C16H14ClN3. The molecule has 100 valence electrons. The monoisotopic (exact) mass is 283 g/mol. The molecule has 0 saturated heterocycles. The van der Waals surface area contributed by atoms with Gasteiger partial charge in [-0.05, 0) is 30.3 Å². The van der Waals surface area contributed by atoms with Gasteiger partial charge < -0.3 is 5.32 Å². The van der Waals surface area contributed by atoms with E-state index in [1.54, 1.807) is 0 Å². The molecule has 0 aliphatic carbocycles. The van der Waals surface area contributed by atoms with E-state index in [1.807, 2.05) is 71.7 Å². The highest BCUT2D eigenvalue weighted by Gasteiger charge is 2.01. The lowest BCUT2D eigenvalue weighted by atomic mass is 10.3. The van der Waals surface area contributed by atoms with Crippen LogP contribution in [0.5, 0.6) is 0 Å². The van der Waals surface area contributed by atoms with Crippen LogP contribution in [0.25, 0.3) is 5.69 Å². The van der Waals surface area contributed by atoms with E-state index in [4.69, 9.17) is 11.6 Å². The normalized spacial score (nSPS) is 10.4. The number of benzene rings is 2. The molecule has 1 heterocycles. The summed E-state index contributed by atoms with van der Waals surface area (Å²) in [7, 11) is 0. The lowest BCUT2D eigenvalue weighted by molar-refractivity contribution is 0.880. The van der Waals surface area contributed by atoms with Gasteiger partial charge in [0.1, 0.15) is 0 Å². The maximum absolute atomic E-state index is 5.95. The van der Waals surface area contributed by atoms with Crippen LogP contribution in [0.3, 0.4) is 0 Å². The Balaban J connectivity index is 1.69. The number of para-hydroxylation sites is 1. The Morgan fingerprint density at radius 2 is 1.90 bits per heavy atom. The molecule has 0 fully saturated rings. The average molecular weight is 284 g/mol. The fraction of sp³-hybridized carbons (Fsp3) is 0.0625. The Bertz CT molecular complexity index is 692. The second-order valence-electron chi connectivity index (χ2n) is 4.49. The number of nitrogens with zero attached hydrogens (tertiary/aromatic N) is 2. The van der Waals surface area contributed by atoms with Crippen molar-refractivity contribution in [2.24, 2.45) is 0 Å². The molecule has 4 heteroatoms. The summed E-state index contributed by atoms with van der Waals surface area (Å²) in [6.45, 7) is 0.715. The maximum Gasteiger partial charge on any atom is 0.0645 e. The quantitative estimate of drug-likeness (QED) is 0.780. The van der Waals surface area contributed by atoms with Crippen LogP contribution in [0.15, 0.2) is 67.0 Å². The Labute approximate surface area is 122 Å². The molecule has 0 bridgehead atoms. The molecule has 0 spiro atoms. The summed E-state index contributed by atoms with van der Waals surface area (Å²) in [6, 6.07) is 17.7. The second kappa shape index (κ2) is 5.80. The number of anilines is 1. The molecule has 0 atom stereocenters. The molecule has 1 aromatic heterocycles. The van der Waals surface area contributed by atoms with Crippen LogP contribution >= 0.6 is 11.6 Å². The first kappa shape index (κ1) is 12.8. The van der Waals surface area contributed by atoms with Gasteiger partial charge in [0.15, 0.2) is 0 Å². The predicted molar refractivity (Wildman–Crippen MR) is 82.3 cm³/mol. The van der Waals surface area contributed by atoms with Crippen LogP contribution in [-0.2, 0) is 6.54 Å². The molecule has 3 aromatic rings.